The molecule has 1 aliphatic carbocycles. The summed E-state index contributed by atoms with van der Waals surface area (Å²) in [5.41, 5.74) is 1.37. The van der Waals surface area contributed by atoms with Crippen LogP contribution in [-0.2, 0) is 14.3 Å². The number of ether oxygens (including phenoxy) is 2. The summed E-state index contributed by atoms with van der Waals surface area (Å²) in [7, 11) is 0. The van der Waals surface area contributed by atoms with Gasteiger partial charge in [0.1, 0.15) is 12.2 Å². The first-order valence-electron chi connectivity index (χ1n) is 7.05. The monoisotopic (exact) mass is 250 g/mol. The Morgan fingerprint density at radius 2 is 2.22 bits per heavy atom. The Bertz CT molecular complexity index is 401. The highest BCUT2D eigenvalue weighted by atomic mass is 16.6. The van der Waals surface area contributed by atoms with Crippen LogP contribution in [0, 0.1) is 11.8 Å². The summed E-state index contributed by atoms with van der Waals surface area (Å²) in [6.07, 6.45) is 6.66. The number of esters is 1. The van der Waals surface area contributed by atoms with Gasteiger partial charge in [-0.25, -0.2) is 0 Å². The van der Waals surface area contributed by atoms with E-state index in [9.17, 15) is 4.79 Å². The van der Waals surface area contributed by atoms with Gasteiger partial charge in [0.15, 0.2) is 0 Å². The van der Waals surface area contributed by atoms with Crippen LogP contribution in [0.1, 0.15) is 46.5 Å². The molecule has 2 fully saturated rings. The fourth-order valence-electron chi connectivity index (χ4n) is 3.46. The number of carbonyl (C=O) groups excluding carboxylic acids is 1. The Morgan fingerprint density at radius 3 is 3.00 bits per heavy atom. The molecular weight excluding hydrogens is 228 g/mol. The molecule has 2 aliphatic heterocycles. The average Bonchev–Trinajstić information content (AvgIpc) is 2.90. The molecule has 0 aromatic carbocycles. The maximum atomic E-state index is 11.8. The maximum absolute atomic E-state index is 11.8. The molecule has 100 valence electrons. The SMILES string of the molecule is C/C1=C/CCC2(C)OC2C2OC(=O)C(C)C2CC1. The van der Waals surface area contributed by atoms with Crippen molar-refractivity contribution < 1.29 is 14.3 Å². The predicted molar refractivity (Wildman–Crippen MR) is 68.0 cm³/mol. The van der Waals surface area contributed by atoms with Gasteiger partial charge in [-0.15, -0.1) is 0 Å². The minimum Gasteiger partial charge on any atom is -0.459 e. The number of epoxide rings is 1. The molecule has 0 aromatic heterocycles. The molecule has 3 nitrogen and oxygen atoms in total. The van der Waals surface area contributed by atoms with Crippen LogP contribution < -0.4 is 0 Å². The van der Waals surface area contributed by atoms with Crippen LogP contribution >= 0.6 is 0 Å². The van der Waals surface area contributed by atoms with Gasteiger partial charge in [0, 0.05) is 5.92 Å². The van der Waals surface area contributed by atoms with Gasteiger partial charge in [-0.1, -0.05) is 18.6 Å². The molecule has 0 bridgehead atoms. The lowest BCUT2D eigenvalue weighted by Gasteiger charge is -2.20. The molecule has 2 saturated heterocycles. The van der Waals surface area contributed by atoms with E-state index in [0.717, 1.165) is 25.7 Å². The van der Waals surface area contributed by atoms with E-state index in [0.29, 0.717) is 5.92 Å². The lowest BCUT2D eigenvalue weighted by molar-refractivity contribution is -0.144. The Morgan fingerprint density at radius 1 is 1.44 bits per heavy atom. The van der Waals surface area contributed by atoms with Crippen molar-refractivity contribution in [1.29, 1.82) is 0 Å². The van der Waals surface area contributed by atoms with Crippen molar-refractivity contribution in [3.8, 4) is 0 Å². The third-order valence-electron chi connectivity index (χ3n) is 4.93. The van der Waals surface area contributed by atoms with E-state index in [1.165, 1.54) is 5.57 Å². The van der Waals surface area contributed by atoms with Crippen LogP contribution in [0.4, 0.5) is 0 Å². The number of hydrogen-bond acceptors (Lipinski definition) is 3. The first-order chi connectivity index (χ1) is 8.51. The molecule has 0 saturated carbocycles. The number of carbonyl (C=O) groups is 1. The highest BCUT2D eigenvalue weighted by molar-refractivity contribution is 5.75. The Hall–Kier alpha value is -0.830. The molecule has 18 heavy (non-hydrogen) atoms. The molecule has 5 unspecified atom stereocenters. The molecule has 0 N–H and O–H groups in total. The number of fused-ring (bicyclic) bond motifs is 3. The average molecular weight is 250 g/mol. The zero-order chi connectivity index (χ0) is 12.9. The van der Waals surface area contributed by atoms with Gasteiger partial charge in [0.05, 0.1) is 11.5 Å². The Kier molecular flexibility index (Phi) is 2.77. The quantitative estimate of drug-likeness (QED) is 0.377. The van der Waals surface area contributed by atoms with E-state index in [1.54, 1.807) is 0 Å². The first kappa shape index (κ1) is 12.2. The molecule has 3 aliphatic rings. The van der Waals surface area contributed by atoms with Gasteiger partial charge in [-0.3, -0.25) is 4.79 Å². The van der Waals surface area contributed by atoms with Crippen molar-refractivity contribution in [3.63, 3.8) is 0 Å². The van der Waals surface area contributed by atoms with Crippen molar-refractivity contribution in [2.75, 3.05) is 0 Å². The summed E-state index contributed by atoms with van der Waals surface area (Å²) in [6, 6.07) is 0. The molecule has 0 aromatic rings. The normalized spacial score (nSPS) is 50.6. The van der Waals surface area contributed by atoms with E-state index in [2.05, 4.69) is 19.9 Å². The second kappa shape index (κ2) is 4.09. The lowest BCUT2D eigenvalue weighted by Crippen LogP contribution is -2.29. The van der Waals surface area contributed by atoms with E-state index in [4.69, 9.17) is 9.47 Å². The molecule has 2 heterocycles. The standard InChI is InChI=1S/C15H22O3/c1-9-5-4-8-15(3)13(18-15)12-11(7-6-9)10(2)14(16)17-12/h5,10-13H,4,6-8H2,1-3H3/b9-5-. The Labute approximate surface area is 109 Å². The van der Waals surface area contributed by atoms with Gasteiger partial charge in [-0.05, 0) is 39.5 Å². The third-order valence-corrected chi connectivity index (χ3v) is 4.93. The summed E-state index contributed by atoms with van der Waals surface area (Å²) in [6.45, 7) is 6.33. The van der Waals surface area contributed by atoms with Crippen LogP contribution in [0.3, 0.4) is 0 Å². The maximum Gasteiger partial charge on any atom is 0.309 e. The summed E-state index contributed by atoms with van der Waals surface area (Å²) in [5, 5.41) is 0. The minimum absolute atomic E-state index is 0.0107. The molecule has 0 spiro atoms. The largest absolute Gasteiger partial charge is 0.459 e. The summed E-state index contributed by atoms with van der Waals surface area (Å²) in [5.74, 6) is 0.310. The van der Waals surface area contributed by atoms with Crippen molar-refractivity contribution in [1.82, 2.24) is 0 Å². The van der Waals surface area contributed by atoms with Crippen LogP contribution in [0.5, 0.6) is 0 Å². The van der Waals surface area contributed by atoms with Crippen LogP contribution in [0.25, 0.3) is 0 Å². The van der Waals surface area contributed by atoms with Gasteiger partial charge >= 0.3 is 5.97 Å². The molecule has 0 radical (unpaired) electrons. The second-order valence-corrected chi connectivity index (χ2v) is 6.33. The number of hydrogen-bond donors (Lipinski definition) is 0. The number of rotatable bonds is 0. The van der Waals surface area contributed by atoms with Gasteiger partial charge in [0.25, 0.3) is 0 Å². The van der Waals surface area contributed by atoms with Gasteiger partial charge in [-0.2, -0.15) is 0 Å². The molecule has 3 rings (SSSR count). The van der Waals surface area contributed by atoms with E-state index >= 15 is 0 Å². The van der Waals surface area contributed by atoms with Crippen molar-refractivity contribution in [2.24, 2.45) is 11.8 Å². The molecule has 5 atom stereocenters. The lowest BCUT2D eigenvalue weighted by atomic mass is 9.81. The van der Waals surface area contributed by atoms with E-state index < -0.39 is 0 Å². The van der Waals surface area contributed by atoms with Crippen LogP contribution in [0.2, 0.25) is 0 Å². The second-order valence-electron chi connectivity index (χ2n) is 6.33. The molecule has 0 amide bonds. The Balaban J connectivity index is 1.85. The topological polar surface area (TPSA) is 38.8 Å². The van der Waals surface area contributed by atoms with E-state index in [1.807, 2.05) is 6.92 Å². The van der Waals surface area contributed by atoms with Gasteiger partial charge in [0.2, 0.25) is 0 Å². The fourth-order valence-corrected chi connectivity index (χ4v) is 3.46. The first-order valence-corrected chi connectivity index (χ1v) is 7.05. The zero-order valence-corrected chi connectivity index (χ0v) is 11.4. The third kappa shape index (κ3) is 1.89. The van der Waals surface area contributed by atoms with Crippen LogP contribution in [-0.4, -0.2) is 23.8 Å². The summed E-state index contributed by atoms with van der Waals surface area (Å²) >= 11 is 0. The van der Waals surface area contributed by atoms with Gasteiger partial charge < -0.3 is 9.47 Å². The van der Waals surface area contributed by atoms with E-state index in [-0.39, 0.29) is 29.7 Å². The smallest absolute Gasteiger partial charge is 0.309 e. The van der Waals surface area contributed by atoms with Crippen LogP contribution in [0.15, 0.2) is 11.6 Å². The highest BCUT2D eigenvalue weighted by Gasteiger charge is 2.61. The molecule has 3 heteroatoms. The summed E-state index contributed by atoms with van der Waals surface area (Å²) in [4.78, 5) is 11.8. The predicted octanol–water partition coefficient (Wildman–Crippen LogP) is 2.84. The summed E-state index contributed by atoms with van der Waals surface area (Å²) < 4.78 is 11.5. The minimum atomic E-state index is -0.0681. The van der Waals surface area contributed by atoms with Crippen molar-refractivity contribution >= 4 is 5.97 Å². The van der Waals surface area contributed by atoms with Crippen molar-refractivity contribution in [2.45, 2.75) is 64.3 Å². The fraction of sp³-hybridized carbons (Fsp3) is 0.800. The number of allylic oxidation sites excluding steroid dienone is 2. The molecular formula is C15H22O3. The highest BCUT2D eigenvalue weighted by Crippen LogP contribution is 2.50. The zero-order valence-electron chi connectivity index (χ0n) is 11.4. The van der Waals surface area contributed by atoms with Crippen molar-refractivity contribution in [3.05, 3.63) is 11.6 Å².